The lowest BCUT2D eigenvalue weighted by Crippen LogP contribution is -2.36. The molecule has 5 heteroatoms. The molecular formula is C15H18F2N2O. The van der Waals surface area contributed by atoms with Crippen LogP contribution in [0, 0.1) is 17.0 Å². The fourth-order valence-electron chi connectivity index (χ4n) is 3.21. The molecule has 0 bridgehead atoms. The van der Waals surface area contributed by atoms with Gasteiger partial charge in [-0.25, -0.2) is 13.8 Å². The van der Waals surface area contributed by atoms with E-state index < -0.39 is 11.6 Å². The van der Waals surface area contributed by atoms with Crippen molar-refractivity contribution in [3.05, 3.63) is 35.4 Å². The molecule has 2 fully saturated rings. The van der Waals surface area contributed by atoms with E-state index in [1.165, 1.54) is 12.1 Å². The van der Waals surface area contributed by atoms with Gasteiger partial charge in [-0.2, -0.15) is 0 Å². The number of carbonyl (C=O) groups is 1. The Kier molecular flexibility index (Phi) is 3.05. The Hall–Kier alpha value is -1.49. The first kappa shape index (κ1) is 13.5. The van der Waals surface area contributed by atoms with Gasteiger partial charge in [0.2, 0.25) is 5.91 Å². The minimum absolute atomic E-state index is 0.0622. The molecular weight excluding hydrogens is 262 g/mol. The first-order chi connectivity index (χ1) is 9.44. The van der Waals surface area contributed by atoms with E-state index in [1.54, 1.807) is 5.01 Å². The monoisotopic (exact) mass is 280 g/mol. The summed E-state index contributed by atoms with van der Waals surface area (Å²) in [7, 11) is 0. The minimum atomic E-state index is -0.594. The number of rotatable bonds is 2. The van der Waals surface area contributed by atoms with Gasteiger partial charge in [-0.1, -0.05) is 6.92 Å². The topological polar surface area (TPSA) is 23.6 Å². The summed E-state index contributed by atoms with van der Waals surface area (Å²) in [6.45, 7) is 5.40. The average Bonchev–Trinajstić information content (AvgIpc) is 2.89. The lowest BCUT2D eigenvalue weighted by atomic mass is 9.87. The summed E-state index contributed by atoms with van der Waals surface area (Å²) in [4.78, 5) is 12.6. The number of hydrazine groups is 1. The molecule has 0 radical (unpaired) electrons. The van der Waals surface area contributed by atoms with Crippen molar-refractivity contribution in [2.45, 2.75) is 32.7 Å². The SMILES string of the molecule is CCC1(C)CN2CC[C@H](c3cc(F)cc(F)c3)N2C1=O. The molecule has 0 aliphatic carbocycles. The van der Waals surface area contributed by atoms with Crippen molar-refractivity contribution >= 4 is 5.91 Å². The fourth-order valence-corrected chi connectivity index (χ4v) is 3.21. The Bertz CT molecular complexity index is 543. The Balaban J connectivity index is 1.95. The summed E-state index contributed by atoms with van der Waals surface area (Å²) in [6, 6.07) is 3.26. The Labute approximate surface area is 117 Å². The molecule has 0 saturated carbocycles. The van der Waals surface area contributed by atoms with Gasteiger partial charge in [0, 0.05) is 19.2 Å². The highest BCUT2D eigenvalue weighted by molar-refractivity contribution is 5.84. The number of fused-ring (bicyclic) bond motifs is 1. The van der Waals surface area contributed by atoms with Crippen LogP contribution in [0.15, 0.2) is 18.2 Å². The smallest absolute Gasteiger partial charge is 0.244 e. The normalized spacial score (nSPS) is 30.1. The molecule has 3 rings (SSSR count). The highest BCUT2D eigenvalue weighted by atomic mass is 19.1. The molecule has 1 amide bonds. The summed E-state index contributed by atoms with van der Waals surface area (Å²) in [5.41, 5.74) is 0.156. The van der Waals surface area contributed by atoms with Crippen molar-refractivity contribution in [2.24, 2.45) is 5.41 Å². The van der Waals surface area contributed by atoms with Crippen molar-refractivity contribution in [3.63, 3.8) is 0 Å². The third-order valence-corrected chi connectivity index (χ3v) is 4.57. The third-order valence-electron chi connectivity index (χ3n) is 4.57. The van der Waals surface area contributed by atoms with Gasteiger partial charge in [0.25, 0.3) is 0 Å². The maximum absolute atomic E-state index is 13.4. The summed E-state index contributed by atoms with van der Waals surface area (Å²) < 4.78 is 26.8. The fraction of sp³-hybridized carbons (Fsp3) is 0.533. The number of hydrogen-bond donors (Lipinski definition) is 0. The highest BCUT2D eigenvalue weighted by Crippen LogP contribution is 2.43. The van der Waals surface area contributed by atoms with Crippen LogP contribution in [0.5, 0.6) is 0 Å². The standard InChI is InChI=1S/C15H18F2N2O/c1-3-15(2)9-18-5-4-13(19(18)14(15)20)10-6-11(16)8-12(17)7-10/h6-8,13H,3-5,9H2,1-2H3/t13-,15?/m1/s1. The molecule has 1 aromatic rings. The predicted octanol–water partition coefficient (Wildman–Crippen LogP) is 2.89. The molecule has 0 aromatic heterocycles. The molecule has 108 valence electrons. The van der Waals surface area contributed by atoms with Crippen LogP contribution in [-0.2, 0) is 4.79 Å². The van der Waals surface area contributed by atoms with Gasteiger partial charge in [-0.3, -0.25) is 9.80 Å². The Morgan fingerprint density at radius 1 is 1.30 bits per heavy atom. The van der Waals surface area contributed by atoms with Crippen molar-refractivity contribution in [1.82, 2.24) is 10.0 Å². The van der Waals surface area contributed by atoms with Crippen LogP contribution in [0.1, 0.15) is 38.3 Å². The second kappa shape index (κ2) is 4.52. The molecule has 1 unspecified atom stereocenters. The second-order valence-corrected chi connectivity index (χ2v) is 5.96. The maximum Gasteiger partial charge on any atom is 0.244 e. The van der Waals surface area contributed by atoms with E-state index in [4.69, 9.17) is 0 Å². The number of hydrogen-bond acceptors (Lipinski definition) is 2. The number of amides is 1. The Morgan fingerprint density at radius 3 is 2.55 bits per heavy atom. The zero-order valence-corrected chi connectivity index (χ0v) is 11.7. The molecule has 0 spiro atoms. The highest BCUT2D eigenvalue weighted by Gasteiger charge is 2.51. The number of carbonyl (C=O) groups excluding carboxylic acids is 1. The van der Waals surface area contributed by atoms with E-state index in [1.807, 2.05) is 18.9 Å². The van der Waals surface area contributed by atoms with Crippen LogP contribution in [0.25, 0.3) is 0 Å². The van der Waals surface area contributed by atoms with Gasteiger partial charge in [-0.05, 0) is 37.5 Å². The molecule has 2 aliphatic rings. The number of nitrogens with zero attached hydrogens (tertiary/aromatic N) is 2. The van der Waals surface area contributed by atoms with E-state index in [2.05, 4.69) is 0 Å². The van der Waals surface area contributed by atoms with E-state index >= 15 is 0 Å². The van der Waals surface area contributed by atoms with Crippen LogP contribution in [0.2, 0.25) is 0 Å². The second-order valence-electron chi connectivity index (χ2n) is 5.96. The molecule has 2 saturated heterocycles. The summed E-state index contributed by atoms with van der Waals surface area (Å²) >= 11 is 0. The van der Waals surface area contributed by atoms with Crippen LogP contribution in [0.3, 0.4) is 0 Å². The zero-order valence-electron chi connectivity index (χ0n) is 11.7. The summed E-state index contributed by atoms with van der Waals surface area (Å²) in [6.07, 6.45) is 1.48. The van der Waals surface area contributed by atoms with Gasteiger partial charge < -0.3 is 0 Å². The molecule has 2 heterocycles. The zero-order chi connectivity index (χ0) is 14.5. The van der Waals surface area contributed by atoms with Crippen LogP contribution in [0.4, 0.5) is 8.78 Å². The van der Waals surface area contributed by atoms with E-state index in [-0.39, 0.29) is 17.4 Å². The Morgan fingerprint density at radius 2 is 1.95 bits per heavy atom. The van der Waals surface area contributed by atoms with Crippen LogP contribution >= 0.6 is 0 Å². The summed E-state index contributed by atoms with van der Waals surface area (Å²) in [5, 5.41) is 3.72. The lowest BCUT2D eigenvalue weighted by molar-refractivity contribution is -0.142. The molecule has 2 aliphatic heterocycles. The molecule has 20 heavy (non-hydrogen) atoms. The first-order valence-corrected chi connectivity index (χ1v) is 6.99. The number of benzene rings is 1. The molecule has 1 aromatic carbocycles. The third kappa shape index (κ3) is 1.92. The number of halogens is 2. The van der Waals surface area contributed by atoms with E-state index in [0.29, 0.717) is 18.5 Å². The largest absolute Gasteiger partial charge is 0.273 e. The minimum Gasteiger partial charge on any atom is -0.273 e. The predicted molar refractivity (Wildman–Crippen MR) is 70.5 cm³/mol. The van der Waals surface area contributed by atoms with E-state index in [9.17, 15) is 13.6 Å². The van der Waals surface area contributed by atoms with Gasteiger partial charge in [0.05, 0.1) is 11.5 Å². The van der Waals surface area contributed by atoms with Gasteiger partial charge >= 0.3 is 0 Å². The van der Waals surface area contributed by atoms with E-state index in [0.717, 1.165) is 19.0 Å². The van der Waals surface area contributed by atoms with Crippen LogP contribution in [-0.4, -0.2) is 29.0 Å². The molecule has 0 N–H and O–H groups in total. The molecule has 3 nitrogen and oxygen atoms in total. The van der Waals surface area contributed by atoms with Gasteiger partial charge in [0.1, 0.15) is 11.6 Å². The van der Waals surface area contributed by atoms with Crippen molar-refractivity contribution in [3.8, 4) is 0 Å². The summed E-state index contributed by atoms with van der Waals surface area (Å²) in [5.74, 6) is -1.13. The van der Waals surface area contributed by atoms with Crippen molar-refractivity contribution < 1.29 is 13.6 Å². The average molecular weight is 280 g/mol. The quantitative estimate of drug-likeness (QED) is 0.831. The molecule has 2 atom stereocenters. The van der Waals surface area contributed by atoms with Gasteiger partial charge in [0.15, 0.2) is 0 Å². The maximum atomic E-state index is 13.4. The van der Waals surface area contributed by atoms with Crippen molar-refractivity contribution in [2.75, 3.05) is 13.1 Å². The van der Waals surface area contributed by atoms with Crippen molar-refractivity contribution in [1.29, 1.82) is 0 Å². The lowest BCUT2D eigenvalue weighted by Gasteiger charge is -2.26. The van der Waals surface area contributed by atoms with Gasteiger partial charge in [-0.15, -0.1) is 0 Å². The van der Waals surface area contributed by atoms with Crippen LogP contribution < -0.4 is 0 Å². The first-order valence-electron chi connectivity index (χ1n) is 6.99.